The summed E-state index contributed by atoms with van der Waals surface area (Å²) < 4.78 is 0. The smallest absolute Gasteiger partial charge is 0.268 e. The van der Waals surface area contributed by atoms with E-state index in [0.29, 0.717) is 21.2 Å². The van der Waals surface area contributed by atoms with E-state index in [1.54, 1.807) is 31.6 Å². The minimum Gasteiger partial charge on any atom is -0.313 e. The second-order valence-electron chi connectivity index (χ2n) is 4.58. The van der Waals surface area contributed by atoms with Gasteiger partial charge in [-0.1, -0.05) is 23.2 Å². The molecule has 2 aromatic rings. The van der Waals surface area contributed by atoms with Gasteiger partial charge in [0.1, 0.15) is 5.00 Å². The van der Waals surface area contributed by atoms with Gasteiger partial charge in [0.05, 0.1) is 16.1 Å². The molecule has 0 aliphatic carbocycles. The van der Waals surface area contributed by atoms with Crippen molar-refractivity contribution >= 4 is 51.4 Å². The molecule has 0 saturated heterocycles. The first-order valence-corrected chi connectivity index (χ1v) is 7.84. The summed E-state index contributed by atoms with van der Waals surface area (Å²) in [6, 6.07) is 6.25. The lowest BCUT2D eigenvalue weighted by atomic mass is 10.2. The Balaban J connectivity index is 2.19. The molecule has 0 unspecified atom stereocenters. The van der Waals surface area contributed by atoms with Crippen molar-refractivity contribution in [3.8, 4) is 0 Å². The largest absolute Gasteiger partial charge is 0.313 e. The fourth-order valence-corrected chi connectivity index (χ4v) is 2.97. The first-order valence-electron chi connectivity index (χ1n) is 6.20. The minimum absolute atomic E-state index is 0.251. The quantitative estimate of drug-likeness (QED) is 0.823. The number of halogens is 2. The summed E-state index contributed by atoms with van der Waals surface area (Å²) in [6.07, 6.45) is 0. The molecule has 2 N–H and O–H groups in total. The highest BCUT2D eigenvalue weighted by atomic mass is 35.5. The number of carbonyl (C=O) groups is 2. The third-order valence-electron chi connectivity index (χ3n) is 2.64. The van der Waals surface area contributed by atoms with Crippen LogP contribution in [-0.4, -0.2) is 30.9 Å². The Morgan fingerprint density at radius 3 is 2.45 bits per heavy atom. The molecule has 22 heavy (non-hydrogen) atoms. The molecule has 0 fully saturated rings. The minimum atomic E-state index is -0.400. The normalized spacial score (nSPS) is 10.6. The predicted molar refractivity (Wildman–Crippen MR) is 89.9 cm³/mol. The second kappa shape index (κ2) is 7.11. The molecule has 8 heteroatoms. The Labute approximate surface area is 141 Å². The van der Waals surface area contributed by atoms with Crippen LogP contribution in [0.1, 0.15) is 20.7 Å². The van der Waals surface area contributed by atoms with E-state index < -0.39 is 5.91 Å². The summed E-state index contributed by atoms with van der Waals surface area (Å²) >= 11 is 13.1. The van der Waals surface area contributed by atoms with Gasteiger partial charge in [0.25, 0.3) is 11.8 Å². The van der Waals surface area contributed by atoms with E-state index in [2.05, 4.69) is 10.7 Å². The van der Waals surface area contributed by atoms with E-state index in [9.17, 15) is 9.59 Å². The maximum atomic E-state index is 12.3. The van der Waals surface area contributed by atoms with Gasteiger partial charge in [-0.2, -0.15) is 0 Å². The zero-order valence-electron chi connectivity index (χ0n) is 11.8. The van der Waals surface area contributed by atoms with Gasteiger partial charge in [-0.25, -0.2) is 5.01 Å². The van der Waals surface area contributed by atoms with Crippen molar-refractivity contribution in [1.82, 2.24) is 10.4 Å². The first-order chi connectivity index (χ1) is 10.4. The monoisotopic (exact) mass is 357 g/mol. The van der Waals surface area contributed by atoms with E-state index in [4.69, 9.17) is 23.2 Å². The number of amides is 2. The SMILES string of the molecule is CN(C)NC(=O)c1ccsc1NC(=O)c1ccc(Cl)cc1Cl. The van der Waals surface area contributed by atoms with Gasteiger partial charge in [0.2, 0.25) is 0 Å². The Hall–Kier alpha value is -1.60. The molecule has 1 heterocycles. The third kappa shape index (κ3) is 3.98. The molecule has 116 valence electrons. The van der Waals surface area contributed by atoms with Crippen molar-refractivity contribution in [3.63, 3.8) is 0 Å². The van der Waals surface area contributed by atoms with E-state index in [0.717, 1.165) is 0 Å². The lowest BCUT2D eigenvalue weighted by Gasteiger charge is -2.12. The number of hydrogen-bond acceptors (Lipinski definition) is 4. The van der Waals surface area contributed by atoms with E-state index in [1.165, 1.54) is 28.5 Å². The molecular weight excluding hydrogens is 345 g/mol. The molecule has 0 bridgehead atoms. The summed E-state index contributed by atoms with van der Waals surface area (Å²) in [5.74, 6) is -0.702. The lowest BCUT2D eigenvalue weighted by Crippen LogP contribution is -2.36. The summed E-state index contributed by atoms with van der Waals surface area (Å²) in [5.41, 5.74) is 3.30. The van der Waals surface area contributed by atoms with Gasteiger partial charge in [-0.05, 0) is 29.6 Å². The van der Waals surface area contributed by atoms with Crippen LogP contribution >= 0.6 is 34.5 Å². The van der Waals surface area contributed by atoms with Crippen LogP contribution in [-0.2, 0) is 0 Å². The highest BCUT2D eigenvalue weighted by Gasteiger charge is 2.17. The maximum absolute atomic E-state index is 12.3. The first kappa shape index (κ1) is 16.8. The van der Waals surface area contributed by atoms with Crippen LogP contribution in [0.4, 0.5) is 5.00 Å². The standard InChI is InChI=1S/C14H13Cl2N3O2S/c1-19(2)18-13(21)10-5-6-22-14(10)17-12(20)9-4-3-8(15)7-11(9)16/h3-7H,1-2H3,(H,17,20)(H,18,21). The van der Waals surface area contributed by atoms with E-state index >= 15 is 0 Å². The lowest BCUT2D eigenvalue weighted by molar-refractivity contribution is 0.0858. The summed E-state index contributed by atoms with van der Waals surface area (Å²) in [6.45, 7) is 0. The van der Waals surface area contributed by atoms with Gasteiger partial charge in [-0.3, -0.25) is 15.0 Å². The van der Waals surface area contributed by atoms with Crippen molar-refractivity contribution in [2.45, 2.75) is 0 Å². The number of anilines is 1. The van der Waals surface area contributed by atoms with Crippen LogP contribution in [0.25, 0.3) is 0 Å². The number of benzene rings is 1. The number of thiophene rings is 1. The van der Waals surface area contributed by atoms with Crippen molar-refractivity contribution < 1.29 is 9.59 Å². The molecule has 1 aromatic carbocycles. The Bertz CT molecular complexity index is 716. The average molecular weight is 358 g/mol. The van der Waals surface area contributed by atoms with Crippen LogP contribution in [0, 0.1) is 0 Å². The van der Waals surface area contributed by atoms with Crippen molar-refractivity contribution in [1.29, 1.82) is 0 Å². The van der Waals surface area contributed by atoms with Gasteiger partial charge < -0.3 is 5.32 Å². The summed E-state index contributed by atoms with van der Waals surface area (Å²) in [7, 11) is 3.41. The molecule has 0 spiro atoms. The molecule has 0 aliphatic heterocycles. The molecule has 0 radical (unpaired) electrons. The topological polar surface area (TPSA) is 61.4 Å². The molecule has 2 amide bonds. The molecule has 2 rings (SSSR count). The van der Waals surface area contributed by atoms with Crippen molar-refractivity contribution in [2.75, 3.05) is 19.4 Å². The zero-order valence-corrected chi connectivity index (χ0v) is 14.1. The highest BCUT2D eigenvalue weighted by Crippen LogP contribution is 2.26. The van der Waals surface area contributed by atoms with Gasteiger partial charge in [0.15, 0.2) is 0 Å². The molecule has 5 nitrogen and oxygen atoms in total. The fraction of sp³-hybridized carbons (Fsp3) is 0.143. The van der Waals surface area contributed by atoms with Gasteiger partial charge >= 0.3 is 0 Å². The zero-order chi connectivity index (χ0) is 16.3. The van der Waals surface area contributed by atoms with E-state index in [-0.39, 0.29) is 10.9 Å². The summed E-state index contributed by atoms with van der Waals surface area (Å²) in [5, 5.41) is 7.10. The summed E-state index contributed by atoms with van der Waals surface area (Å²) in [4.78, 5) is 24.3. The molecule has 0 aliphatic rings. The van der Waals surface area contributed by atoms with Crippen LogP contribution < -0.4 is 10.7 Å². The molecule has 0 atom stereocenters. The fourth-order valence-electron chi connectivity index (χ4n) is 1.69. The van der Waals surface area contributed by atoms with Gasteiger partial charge in [-0.15, -0.1) is 11.3 Å². The van der Waals surface area contributed by atoms with Crippen molar-refractivity contribution in [3.05, 3.63) is 50.8 Å². The third-order valence-corrected chi connectivity index (χ3v) is 4.02. The van der Waals surface area contributed by atoms with Crippen LogP contribution in [0.2, 0.25) is 10.0 Å². The molecular formula is C14H13Cl2N3O2S. The Kier molecular flexibility index (Phi) is 5.42. The predicted octanol–water partition coefficient (Wildman–Crippen LogP) is 3.51. The Morgan fingerprint density at radius 2 is 1.82 bits per heavy atom. The number of hydrazine groups is 1. The Morgan fingerprint density at radius 1 is 1.09 bits per heavy atom. The number of hydrogen-bond donors (Lipinski definition) is 2. The number of rotatable bonds is 4. The van der Waals surface area contributed by atoms with Crippen LogP contribution in [0.3, 0.4) is 0 Å². The maximum Gasteiger partial charge on any atom is 0.268 e. The van der Waals surface area contributed by atoms with Crippen molar-refractivity contribution in [2.24, 2.45) is 0 Å². The average Bonchev–Trinajstić information content (AvgIpc) is 2.85. The number of carbonyl (C=O) groups excluding carboxylic acids is 2. The van der Waals surface area contributed by atoms with Crippen LogP contribution in [0.5, 0.6) is 0 Å². The van der Waals surface area contributed by atoms with Crippen LogP contribution in [0.15, 0.2) is 29.6 Å². The molecule has 0 saturated carbocycles. The highest BCUT2D eigenvalue weighted by molar-refractivity contribution is 7.14. The van der Waals surface area contributed by atoms with E-state index in [1.807, 2.05) is 0 Å². The number of nitrogens with zero attached hydrogens (tertiary/aromatic N) is 1. The van der Waals surface area contributed by atoms with Gasteiger partial charge in [0, 0.05) is 19.1 Å². The second-order valence-corrected chi connectivity index (χ2v) is 6.34. The molecule has 1 aromatic heterocycles. The number of nitrogens with one attached hydrogen (secondary N) is 2.